The van der Waals surface area contributed by atoms with Gasteiger partial charge in [0.2, 0.25) is 11.2 Å². The highest BCUT2D eigenvalue weighted by molar-refractivity contribution is 5.97. The molecule has 98 heavy (non-hydrogen) atoms. The summed E-state index contributed by atoms with van der Waals surface area (Å²) in [6.07, 6.45) is -13.9. The molecule has 24 heteroatoms. The smallest absolute Gasteiger partial charge is 0.422 e. The van der Waals surface area contributed by atoms with Crippen LogP contribution in [-0.4, -0.2) is 121 Å². The third-order valence-corrected chi connectivity index (χ3v) is 17.6. The van der Waals surface area contributed by atoms with Gasteiger partial charge in [-0.3, -0.25) is 9.59 Å². The molecule has 6 N–H and O–H groups in total. The number of halogens is 8. The Labute approximate surface area is 561 Å². The summed E-state index contributed by atoms with van der Waals surface area (Å²) in [4.78, 5) is 35.0. The van der Waals surface area contributed by atoms with Crippen LogP contribution in [0.15, 0.2) is 158 Å². The minimum atomic E-state index is -5.23. The molecule has 10 rings (SSSR count). The number of ketones is 2. The molecule has 0 spiro atoms. The van der Waals surface area contributed by atoms with Crippen LogP contribution in [0.5, 0.6) is 34.5 Å². The van der Waals surface area contributed by atoms with E-state index in [1.165, 1.54) is 87.0 Å². The highest BCUT2D eigenvalue weighted by Crippen LogP contribution is 2.52. The summed E-state index contributed by atoms with van der Waals surface area (Å²) in [5.74, 6) is -1.17. The number of rotatable bonds is 28. The van der Waals surface area contributed by atoms with Gasteiger partial charge in [0.05, 0.1) is 52.0 Å². The van der Waals surface area contributed by atoms with Gasteiger partial charge in [-0.05, 0) is 135 Å². The number of nitrogens with zero attached hydrogens (tertiary/aromatic N) is 2. The molecule has 2 aliphatic heterocycles. The maximum atomic E-state index is 15.0. The number of methoxy groups -OCH3 is 2. The zero-order valence-corrected chi connectivity index (χ0v) is 54.6. The van der Waals surface area contributed by atoms with E-state index in [9.17, 15) is 54.9 Å². The molecule has 0 amide bonds. The van der Waals surface area contributed by atoms with E-state index < -0.39 is 94.7 Å². The van der Waals surface area contributed by atoms with Gasteiger partial charge in [-0.15, -0.1) is 0 Å². The summed E-state index contributed by atoms with van der Waals surface area (Å²) in [6, 6.07) is 40.0. The third-order valence-electron chi connectivity index (χ3n) is 17.6. The van der Waals surface area contributed by atoms with E-state index in [0.717, 1.165) is 35.4 Å². The van der Waals surface area contributed by atoms with Crippen LogP contribution < -0.4 is 39.1 Å². The van der Waals surface area contributed by atoms with Gasteiger partial charge in [0.1, 0.15) is 47.7 Å². The van der Waals surface area contributed by atoms with E-state index in [4.69, 9.17) is 38.6 Å². The number of fused-ring (bicyclic) bond motifs is 2. The van der Waals surface area contributed by atoms with E-state index in [-0.39, 0.29) is 109 Å². The topological polar surface area (TPSA) is 220 Å². The number of aliphatic hydroxyl groups excluding tert-OH is 2. The molecule has 0 saturated carbocycles. The molecule has 0 radical (unpaired) electrons. The van der Waals surface area contributed by atoms with Crippen LogP contribution in [0.4, 0.5) is 35.1 Å². The largest absolute Gasteiger partial charge is 0.493 e. The van der Waals surface area contributed by atoms with E-state index in [0.29, 0.717) is 35.3 Å². The first-order valence-corrected chi connectivity index (χ1v) is 31.5. The van der Waals surface area contributed by atoms with Gasteiger partial charge >= 0.3 is 12.4 Å². The Balaban J connectivity index is 0.000000229. The van der Waals surface area contributed by atoms with Crippen molar-refractivity contribution in [1.82, 2.24) is 20.6 Å². The molecule has 6 aromatic carbocycles. The van der Waals surface area contributed by atoms with Crippen LogP contribution >= 0.6 is 0 Å². The van der Waals surface area contributed by atoms with Gasteiger partial charge in [-0.2, -0.15) is 26.3 Å². The number of aromatic nitrogens is 2. The quantitative estimate of drug-likeness (QED) is 0.0198. The SMILES string of the molecule is COc1cc(C(=O)CC[C@@](O)(c2cc3c(c(-c4ccc(F)cc4)n2)OC[C@@]3(C)CN[C@@H](C)c2ccccc2)C(F)(F)F)ccc1OCCO.COc1cc(C(=O)CC[C@](O)(c2cc3c(c(-c4ccc(F)cc4)n2)OC[C@@]3(C)CN[C@@H](C)c2ccccc2)C(F)(F)F)ccc1OCCO. The van der Waals surface area contributed by atoms with Gasteiger partial charge in [0, 0.05) is 82.2 Å². The molecule has 0 fully saturated rings. The first-order chi connectivity index (χ1) is 46.6. The number of Topliss-reactive ketones (excluding diaryl/α,β-unsaturated/α-hetero) is 2. The summed E-state index contributed by atoms with van der Waals surface area (Å²) >= 11 is 0. The Bertz CT molecular complexity index is 3800. The number of alkyl halides is 6. The van der Waals surface area contributed by atoms with Gasteiger partial charge in [-0.25, -0.2) is 18.7 Å². The molecule has 2 aliphatic rings. The summed E-state index contributed by atoms with van der Waals surface area (Å²) in [5, 5.41) is 48.0. The molecule has 2 aromatic heterocycles. The summed E-state index contributed by atoms with van der Waals surface area (Å²) < 4.78 is 151. The zero-order valence-electron chi connectivity index (χ0n) is 54.6. The number of aliphatic hydroxyl groups is 4. The molecule has 8 aromatic rings. The van der Waals surface area contributed by atoms with Crippen LogP contribution in [0.1, 0.15) is 120 Å². The van der Waals surface area contributed by atoms with Crippen LogP contribution in [0.2, 0.25) is 0 Å². The fourth-order valence-corrected chi connectivity index (χ4v) is 11.6. The first-order valence-electron chi connectivity index (χ1n) is 31.5. The van der Waals surface area contributed by atoms with Gasteiger partial charge in [-0.1, -0.05) is 74.5 Å². The summed E-state index contributed by atoms with van der Waals surface area (Å²) in [7, 11) is 2.68. The van der Waals surface area contributed by atoms with Crippen molar-refractivity contribution < 1.29 is 93.6 Å². The molecule has 16 nitrogen and oxygen atoms in total. The summed E-state index contributed by atoms with van der Waals surface area (Å²) in [5.41, 5.74) is -6.61. The van der Waals surface area contributed by atoms with E-state index in [1.807, 2.05) is 88.4 Å². The van der Waals surface area contributed by atoms with Crippen molar-refractivity contribution in [2.45, 2.75) is 99.8 Å². The van der Waals surface area contributed by atoms with Crippen molar-refractivity contribution in [1.29, 1.82) is 0 Å². The van der Waals surface area contributed by atoms with Crippen molar-refractivity contribution in [3.63, 3.8) is 0 Å². The monoisotopic (exact) mass is 1360 g/mol. The zero-order chi connectivity index (χ0) is 70.8. The number of pyridine rings is 2. The number of nitrogens with one attached hydrogen (secondary N) is 2. The Kier molecular flexibility index (Phi) is 23.0. The second-order valence-electron chi connectivity index (χ2n) is 24.6. The van der Waals surface area contributed by atoms with Crippen LogP contribution in [0, 0.1) is 11.6 Å². The van der Waals surface area contributed by atoms with Crippen LogP contribution in [0.25, 0.3) is 22.5 Å². The predicted molar refractivity (Wildman–Crippen MR) is 349 cm³/mol. The fourth-order valence-electron chi connectivity index (χ4n) is 11.6. The molecule has 6 atom stereocenters. The Hall–Kier alpha value is -9.04. The highest BCUT2D eigenvalue weighted by Gasteiger charge is 2.58. The van der Waals surface area contributed by atoms with Crippen molar-refractivity contribution in [3.05, 3.63) is 214 Å². The molecule has 0 aliphatic carbocycles. The maximum Gasteiger partial charge on any atom is 0.422 e. The minimum Gasteiger partial charge on any atom is -0.493 e. The maximum absolute atomic E-state index is 15.0. The highest BCUT2D eigenvalue weighted by atomic mass is 19.4. The molecule has 0 saturated heterocycles. The lowest BCUT2D eigenvalue weighted by atomic mass is 9.81. The van der Waals surface area contributed by atoms with Crippen molar-refractivity contribution >= 4 is 11.6 Å². The number of ether oxygens (including phenoxy) is 6. The van der Waals surface area contributed by atoms with Crippen molar-refractivity contribution in [3.8, 4) is 57.0 Å². The molecule has 0 unspecified atom stereocenters. The number of carbonyl (C=O) groups is 2. The van der Waals surface area contributed by atoms with Crippen molar-refractivity contribution in [2.75, 3.05) is 67.0 Å². The average molecular weight is 1370 g/mol. The van der Waals surface area contributed by atoms with Gasteiger partial charge < -0.3 is 59.5 Å². The average Bonchev–Trinajstić information content (AvgIpc) is 1.41. The van der Waals surface area contributed by atoms with E-state index in [1.54, 1.807) is 0 Å². The second kappa shape index (κ2) is 30.8. The van der Waals surface area contributed by atoms with E-state index in [2.05, 4.69) is 20.6 Å². The molecular formula is C74H76F8N4O12. The Morgan fingerprint density at radius 3 is 1.21 bits per heavy atom. The normalized spacial score (nSPS) is 17.5. The molecule has 4 heterocycles. The Morgan fingerprint density at radius 1 is 0.531 bits per heavy atom. The minimum absolute atomic E-state index is 0.0181. The molecular weight excluding hydrogens is 1290 g/mol. The lowest BCUT2D eigenvalue weighted by molar-refractivity contribution is -0.270. The fraction of sp³-hybridized carbons (Fsp3) is 0.351. The number of carbonyl (C=O) groups excluding carboxylic acids is 2. The van der Waals surface area contributed by atoms with Crippen LogP contribution in [-0.2, 0) is 22.0 Å². The first kappa shape index (κ1) is 73.2. The second-order valence-corrected chi connectivity index (χ2v) is 24.6. The molecule has 520 valence electrons. The Morgan fingerprint density at radius 2 is 0.888 bits per heavy atom. The van der Waals surface area contributed by atoms with E-state index >= 15 is 0 Å². The summed E-state index contributed by atoms with van der Waals surface area (Å²) in [6.45, 7) is 7.92. The predicted octanol–water partition coefficient (Wildman–Crippen LogP) is 13.4. The number of benzene rings is 6. The lowest BCUT2D eigenvalue weighted by Crippen LogP contribution is -2.44. The van der Waals surface area contributed by atoms with Gasteiger partial charge in [0.25, 0.3) is 0 Å². The lowest BCUT2D eigenvalue weighted by Gasteiger charge is -2.32. The molecule has 0 bridgehead atoms. The van der Waals surface area contributed by atoms with Crippen molar-refractivity contribution in [2.24, 2.45) is 0 Å². The van der Waals surface area contributed by atoms with Gasteiger partial charge in [0.15, 0.2) is 34.6 Å². The third kappa shape index (κ3) is 16.2. The number of hydrogen-bond acceptors (Lipinski definition) is 16. The van der Waals surface area contributed by atoms with Crippen LogP contribution in [0.3, 0.4) is 0 Å². The number of hydrogen-bond donors (Lipinski definition) is 6. The standard InChI is InChI=1S/2C37H38F4N2O6/c2*1-23(24-7-5-4-6-8-24)42-21-35(2)22-49-34-28(35)20-32(43-33(34)25-9-12-27(38)13-10-25)36(46,37(39,40)41)16-15-29(45)26-11-14-30(48-18-17-44)31(19-26)47-3/h2*4-14,19-20,23,42,44,46H,15-18,21-22H2,1-3H3/t23-,35+,36+;23-,35+,36-/m00/s1.